The first-order valence-electron chi connectivity index (χ1n) is 16.0. The van der Waals surface area contributed by atoms with Gasteiger partial charge >= 0.3 is 10.9 Å². The van der Waals surface area contributed by atoms with E-state index in [0.29, 0.717) is 19.5 Å². The van der Waals surface area contributed by atoms with Crippen molar-refractivity contribution >= 4 is 63.2 Å². The Bertz CT molecular complexity index is 1790. The van der Waals surface area contributed by atoms with Gasteiger partial charge in [0.1, 0.15) is 11.5 Å². The number of benzene rings is 3. The number of carbonyl (C=O) groups excluding carboxylic acids is 3. The lowest BCUT2D eigenvalue weighted by Gasteiger charge is -2.36. The highest BCUT2D eigenvalue weighted by Gasteiger charge is 2.42. The number of hydrogen-bond acceptors (Lipinski definition) is 6. The molecule has 10 nitrogen and oxygen atoms in total. The van der Waals surface area contributed by atoms with Crippen molar-refractivity contribution in [3.8, 4) is 0 Å². The van der Waals surface area contributed by atoms with Crippen LogP contribution in [-0.4, -0.2) is 65.3 Å². The molecule has 0 aliphatic carbocycles. The molecule has 0 bridgehead atoms. The molecule has 2 aliphatic heterocycles. The Balaban J connectivity index is 1.47. The van der Waals surface area contributed by atoms with Gasteiger partial charge in [-0.15, -0.1) is 11.6 Å². The van der Waals surface area contributed by atoms with E-state index in [0.717, 1.165) is 28.1 Å². The van der Waals surface area contributed by atoms with Gasteiger partial charge in [-0.1, -0.05) is 86.7 Å². The second-order valence-electron chi connectivity index (χ2n) is 12.4. The normalized spacial score (nSPS) is 17.2. The molecule has 0 atom stereocenters. The number of rotatable bonds is 12. The third-order valence-corrected chi connectivity index (χ3v) is 10.2. The number of fused-ring (bicyclic) bond motifs is 1. The number of anilines is 1. The number of nitrogens with zero attached hydrogens (tertiary/aromatic N) is 3. The molecule has 1 fully saturated rings. The molecule has 0 unspecified atom stereocenters. The third kappa shape index (κ3) is 8.18. The maximum Gasteiger partial charge on any atom is 0.352 e. The Morgan fingerprint density at radius 3 is 2.00 bits per heavy atom. The largest absolute Gasteiger partial charge is 0.355 e. The van der Waals surface area contributed by atoms with Crippen molar-refractivity contribution in [2.24, 2.45) is 0 Å². The van der Waals surface area contributed by atoms with E-state index in [-0.39, 0.29) is 40.5 Å². The van der Waals surface area contributed by atoms with Gasteiger partial charge in [-0.05, 0) is 65.7 Å². The second kappa shape index (κ2) is 15.7. The summed E-state index contributed by atoms with van der Waals surface area (Å²) in [5, 5.41) is 2.93. The van der Waals surface area contributed by atoms with Crippen molar-refractivity contribution in [2.75, 3.05) is 23.9 Å². The molecule has 1 saturated heterocycles. The van der Waals surface area contributed by atoms with E-state index < -0.39 is 28.1 Å². The van der Waals surface area contributed by atoms with Crippen LogP contribution in [0.2, 0.25) is 0 Å². The average molecular weight is 737 g/mol. The zero-order valence-electron chi connectivity index (χ0n) is 27.8. The predicted octanol–water partition coefficient (Wildman–Crippen LogP) is 5.17. The number of carbonyl (C=O) groups is 3. The molecular weight excluding hydrogens is 696 g/mol. The zero-order valence-corrected chi connectivity index (χ0v) is 30.2. The fourth-order valence-electron chi connectivity index (χ4n) is 6.05. The van der Waals surface area contributed by atoms with Crippen molar-refractivity contribution in [2.45, 2.75) is 43.7 Å². The Labute approximate surface area is 303 Å². The summed E-state index contributed by atoms with van der Waals surface area (Å²) in [6, 6.07) is 24.1. The van der Waals surface area contributed by atoms with Gasteiger partial charge in [0.2, 0.25) is 5.91 Å². The second-order valence-corrected chi connectivity index (χ2v) is 14.7. The van der Waals surface area contributed by atoms with Crippen molar-refractivity contribution in [1.29, 1.82) is 0 Å². The lowest BCUT2D eigenvalue weighted by atomic mass is 9.83. The van der Waals surface area contributed by atoms with Gasteiger partial charge in [0, 0.05) is 29.9 Å². The molecule has 0 radical (unpaired) electrons. The molecule has 262 valence electrons. The number of hydrogen-bond donors (Lipinski definition) is 2. The van der Waals surface area contributed by atoms with Gasteiger partial charge in [0.05, 0.1) is 13.1 Å². The van der Waals surface area contributed by atoms with Crippen LogP contribution in [0.25, 0.3) is 0 Å². The Morgan fingerprint density at radius 2 is 1.46 bits per heavy atom. The lowest BCUT2D eigenvalue weighted by molar-refractivity contribution is -0.134. The van der Waals surface area contributed by atoms with Gasteiger partial charge in [-0.3, -0.25) is 24.2 Å². The van der Waals surface area contributed by atoms with Gasteiger partial charge in [0.15, 0.2) is 10.0 Å². The van der Waals surface area contributed by atoms with E-state index in [9.17, 15) is 18.9 Å². The monoisotopic (exact) mass is 736 g/mol. The van der Waals surface area contributed by atoms with Crippen LogP contribution in [0.5, 0.6) is 0 Å². The van der Waals surface area contributed by atoms with Crippen LogP contribution in [0, 0.1) is 0 Å². The first kappa shape index (κ1) is 37.0. The van der Waals surface area contributed by atoms with E-state index in [2.05, 4.69) is 10.2 Å². The van der Waals surface area contributed by atoms with E-state index in [4.69, 9.17) is 32.9 Å². The van der Waals surface area contributed by atoms with Gasteiger partial charge in [-0.25, -0.2) is 4.55 Å². The Morgan fingerprint density at radius 1 is 0.900 bits per heavy atom. The minimum Gasteiger partial charge on any atom is -0.355 e. The number of halogens is 1. The number of thiocarbonyl (C=S) groups is 1. The molecule has 50 heavy (non-hydrogen) atoms. The molecule has 3 aromatic carbocycles. The predicted molar refractivity (Wildman–Crippen MR) is 203 cm³/mol. The summed E-state index contributed by atoms with van der Waals surface area (Å²) >= 11 is 11.3. The molecule has 0 spiro atoms. The lowest BCUT2D eigenvalue weighted by Crippen LogP contribution is -2.55. The fraction of sp³-hybridized carbons (Fsp3) is 0.243. The summed E-state index contributed by atoms with van der Waals surface area (Å²) in [5.74, 6) is -1.33. The van der Waals surface area contributed by atoms with Crippen LogP contribution in [-0.2, 0) is 32.9 Å². The highest BCUT2D eigenvalue weighted by molar-refractivity contribution is 8.19. The summed E-state index contributed by atoms with van der Waals surface area (Å²) in [5.41, 5.74) is 3.75. The van der Waals surface area contributed by atoms with E-state index >= 15 is 0 Å². The van der Waals surface area contributed by atoms with Crippen molar-refractivity contribution in [3.63, 3.8) is 0 Å². The summed E-state index contributed by atoms with van der Waals surface area (Å²) in [4.78, 5) is 44.6. The molecule has 0 aromatic heterocycles. The van der Waals surface area contributed by atoms with Crippen LogP contribution in [0.3, 0.4) is 0 Å². The molecule has 3 amide bonds. The summed E-state index contributed by atoms with van der Waals surface area (Å²) in [7, 11) is -3.44. The van der Waals surface area contributed by atoms with Crippen molar-refractivity contribution in [1.82, 2.24) is 15.1 Å². The number of alkyl halides is 1. The smallest absolute Gasteiger partial charge is 0.352 e. The first-order chi connectivity index (χ1) is 23.8. The highest BCUT2D eigenvalue weighted by atomic mass is 35.5. The topological polar surface area (TPSA) is 139 Å². The van der Waals surface area contributed by atoms with Gasteiger partial charge in [-0.2, -0.15) is 0 Å². The quantitative estimate of drug-likeness (QED) is 0.0658. The third-order valence-electron chi connectivity index (χ3n) is 8.61. The maximum absolute atomic E-state index is 13.8. The highest BCUT2D eigenvalue weighted by Crippen LogP contribution is 2.52. The van der Waals surface area contributed by atoms with Crippen molar-refractivity contribution < 1.29 is 28.0 Å². The van der Waals surface area contributed by atoms with Crippen molar-refractivity contribution in [3.05, 3.63) is 131 Å². The average Bonchev–Trinajstić information content (AvgIpc) is 3.31. The number of amides is 3. The molecule has 13 heteroatoms. The Kier molecular flexibility index (Phi) is 11.6. The Hall–Kier alpha value is -4.30. The minimum absolute atomic E-state index is 0.0150. The summed E-state index contributed by atoms with van der Waals surface area (Å²) in [6.07, 6.45) is 7.46. The fourth-order valence-corrected chi connectivity index (χ4v) is 6.99. The van der Waals surface area contributed by atoms with Crippen LogP contribution in [0.15, 0.2) is 119 Å². The summed E-state index contributed by atoms with van der Waals surface area (Å²) < 4.78 is 26.0. The molecule has 5 rings (SSSR count). The van der Waals surface area contributed by atoms with E-state index in [1.165, 1.54) is 15.9 Å². The number of allylic oxidation sites excluding steroid dienone is 5. The number of nitrogens with one attached hydrogen (secondary N) is 1. The van der Waals surface area contributed by atoms with Crippen LogP contribution < -0.4 is 10.2 Å². The maximum atomic E-state index is 13.8. The molecule has 3 aromatic rings. The first-order valence-corrected chi connectivity index (χ1v) is 18.5. The molecule has 6 N–H and O–H groups in total. The SMILES string of the molecule is CC1(C)/C(=C\C=C\C=C2C(=O)N(Cc3ccccc3)C(=S)N(Cc3ccccc3)C2=O)N(CCCNC(=O)CCl)c2ccc(S(O)([OH2+])[OH2+])cc21. The zero-order chi connectivity index (χ0) is 36.1. The van der Waals surface area contributed by atoms with E-state index in [1.54, 1.807) is 24.3 Å². The van der Waals surface area contributed by atoms with E-state index in [1.807, 2.05) is 86.7 Å². The van der Waals surface area contributed by atoms with Gasteiger partial charge < -0.3 is 19.3 Å². The molecule has 2 heterocycles. The standard InChI is InChI=1S/C37H39ClN4O6S2/c1-37(2)30-22-28(50(46,47)48)18-19-31(30)40(21-11-20-39-33(43)23-38)32(37)17-10-9-16-29-34(44)41(24-26-12-5-3-6-13-26)36(49)42(35(29)45)25-27-14-7-4-8-15-27/h3-10,12-19,22,46-48H,11,20-21,23-25H2,1-2H3,(H,39,43)/p+2/b10-9+,32-17+. The molecule has 2 aliphatic rings. The van der Waals surface area contributed by atoms with Crippen LogP contribution >= 0.6 is 34.7 Å². The molecular formula is C37H41ClN4O6S2+2. The van der Waals surface area contributed by atoms with Crippen LogP contribution in [0.4, 0.5) is 5.69 Å². The van der Waals surface area contributed by atoms with Gasteiger partial charge in [0.25, 0.3) is 11.8 Å². The van der Waals surface area contributed by atoms with Crippen LogP contribution in [0.1, 0.15) is 37.0 Å². The molecule has 0 saturated carbocycles. The minimum atomic E-state index is -3.44. The summed E-state index contributed by atoms with van der Waals surface area (Å²) in [6.45, 7) is 5.41.